The molecule has 1 saturated heterocycles. The third-order valence-corrected chi connectivity index (χ3v) is 7.49. The van der Waals surface area contributed by atoms with Gasteiger partial charge in [-0.05, 0) is 50.1 Å². The maximum absolute atomic E-state index is 12.8. The molecule has 1 amide bonds. The van der Waals surface area contributed by atoms with E-state index in [1.54, 1.807) is 0 Å². The summed E-state index contributed by atoms with van der Waals surface area (Å²) in [5.41, 5.74) is 4.29. The van der Waals surface area contributed by atoms with Crippen molar-refractivity contribution in [3.63, 3.8) is 0 Å². The number of aromatic nitrogens is 2. The number of benzene rings is 1. The predicted octanol–water partition coefficient (Wildman–Crippen LogP) is 5.07. The van der Waals surface area contributed by atoms with Gasteiger partial charge in [0, 0.05) is 39.3 Å². The molecule has 0 saturated carbocycles. The number of imidazole rings is 1. The van der Waals surface area contributed by atoms with Gasteiger partial charge >= 0.3 is 0 Å². The number of carbonyl (C=O) groups is 1. The largest absolute Gasteiger partial charge is 0.352 e. The second-order valence-electron chi connectivity index (χ2n) is 8.82. The van der Waals surface area contributed by atoms with Crippen molar-refractivity contribution in [1.29, 1.82) is 0 Å². The number of hydrogen-bond acceptors (Lipinski definition) is 5. The van der Waals surface area contributed by atoms with E-state index in [0.29, 0.717) is 6.54 Å². The summed E-state index contributed by atoms with van der Waals surface area (Å²) in [7, 11) is 0. The minimum absolute atomic E-state index is 0. The van der Waals surface area contributed by atoms with Gasteiger partial charge in [0.1, 0.15) is 5.65 Å². The van der Waals surface area contributed by atoms with Crippen LogP contribution in [-0.4, -0.2) is 64.4 Å². The molecule has 1 fully saturated rings. The lowest BCUT2D eigenvalue weighted by molar-refractivity contribution is -0.116. The van der Waals surface area contributed by atoms with E-state index in [1.165, 1.54) is 17.3 Å². The number of carbonyl (C=O) groups excluding carboxylic acids is 1. The molecule has 0 atom stereocenters. The molecule has 2 aliphatic heterocycles. The van der Waals surface area contributed by atoms with E-state index in [2.05, 4.69) is 54.8 Å². The van der Waals surface area contributed by atoms with Gasteiger partial charge in [-0.15, -0.1) is 37.2 Å². The number of hydrogen-bond donors (Lipinski definition) is 1. The monoisotopic (exact) mass is 569 g/mol. The topological polar surface area (TPSA) is 52.9 Å². The number of piperazine rings is 1. The number of nitrogens with one attached hydrogen (secondary N) is 1. The van der Waals surface area contributed by atoms with Gasteiger partial charge in [-0.25, -0.2) is 4.98 Å². The van der Waals surface area contributed by atoms with E-state index in [4.69, 9.17) is 0 Å². The van der Waals surface area contributed by atoms with Gasteiger partial charge in [-0.1, -0.05) is 48.2 Å². The van der Waals surface area contributed by atoms with Gasteiger partial charge in [0.15, 0.2) is 0 Å². The number of rotatable bonds is 8. The van der Waals surface area contributed by atoms with Crippen LogP contribution in [0, 0.1) is 6.92 Å². The number of pyridine rings is 1. The highest BCUT2D eigenvalue weighted by molar-refractivity contribution is 8.04. The molecule has 1 N–H and O–H groups in total. The standard InChI is InChI=1S/C26H31N5OS.3ClH/c1-20-22-18-23(33-25-11-7-10-24(28-20)31(22)25)26(32)27-12-5-6-13-29-14-16-30(17-15-29)19-21-8-3-2-4-9-21;;;/h2-4,7-11,18H,5-6,12-17,19H2,1H3,(H,27,32);3*1H. The lowest BCUT2D eigenvalue weighted by Gasteiger charge is -2.34. The van der Waals surface area contributed by atoms with Gasteiger partial charge in [-0.2, -0.15) is 0 Å². The molecule has 0 bridgehead atoms. The molecule has 0 radical (unpaired) electrons. The lowest BCUT2D eigenvalue weighted by atomic mass is 10.2. The Bertz CT molecular complexity index is 1160. The van der Waals surface area contributed by atoms with Gasteiger partial charge in [0.25, 0.3) is 5.91 Å². The second kappa shape index (κ2) is 14.3. The van der Waals surface area contributed by atoms with E-state index in [0.717, 1.165) is 79.1 Å². The van der Waals surface area contributed by atoms with Gasteiger partial charge < -0.3 is 10.2 Å². The molecule has 36 heavy (non-hydrogen) atoms. The van der Waals surface area contributed by atoms with E-state index >= 15 is 0 Å². The number of aryl methyl sites for hydroxylation is 1. The molecule has 3 aromatic rings. The van der Waals surface area contributed by atoms with Crippen molar-refractivity contribution in [3.8, 4) is 0 Å². The van der Waals surface area contributed by atoms with E-state index < -0.39 is 0 Å². The van der Waals surface area contributed by atoms with Crippen LogP contribution in [0.4, 0.5) is 0 Å². The summed E-state index contributed by atoms with van der Waals surface area (Å²) < 4.78 is 2.12. The summed E-state index contributed by atoms with van der Waals surface area (Å²) in [6, 6.07) is 16.8. The molecule has 0 spiro atoms. The first-order valence-corrected chi connectivity index (χ1v) is 12.6. The Hall–Kier alpha value is -1.74. The van der Waals surface area contributed by atoms with Crippen LogP contribution in [0.2, 0.25) is 0 Å². The van der Waals surface area contributed by atoms with Crippen LogP contribution in [0.1, 0.15) is 29.8 Å². The summed E-state index contributed by atoms with van der Waals surface area (Å²) in [4.78, 5) is 23.2. The number of amides is 1. The molecule has 10 heteroatoms. The Labute approximate surface area is 236 Å². The number of thioether (sulfide) groups is 1. The van der Waals surface area contributed by atoms with E-state index in [-0.39, 0.29) is 43.1 Å². The molecule has 6 nitrogen and oxygen atoms in total. The van der Waals surface area contributed by atoms with Crippen molar-refractivity contribution >= 4 is 66.6 Å². The third-order valence-electron chi connectivity index (χ3n) is 6.43. The molecule has 196 valence electrons. The quantitative estimate of drug-likeness (QED) is 0.383. The second-order valence-corrected chi connectivity index (χ2v) is 9.88. The summed E-state index contributed by atoms with van der Waals surface area (Å²) >= 11 is 1.52. The number of nitrogens with zero attached hydrogens (tertiary/aromatic N) is 4. The molecular formula is C26H34Cl3N5OS. The zero-order valence-electron chi connectivity index (χ0n) is 20.4. The molecule has 2 aromatic heterocycles. The predicted molar refractivity (Wildman–Crippen MR) is 156 cm³/mol. The SMILES string of the molecule is Cc1nc2cccc3n2c1C=C(C(=O)NCCCCN1CCN(Cc2ccccc2)CC1)S3.Cl.Cl.Cl. The van der Waals surface area contributed by atoms with Crippen molar-refractivity contribution in [2.75, 3.05) is 39.3 Å². The maximum Gasteiger partial charge on any atom is 0.258 e. The Morgan fingerprint density at radius 3 is 2.42 bits per heavy atom. The Kier molecular flexibility index (Phi) is 12.1. The molecule has 2 aliphatic rings. The fourth-order valence-electron chi connectivity index (χ4n) is 4.59. The van der Waals surface area contributed by atoms with Crippen LogP contribution < -0.4 is 5.32 Å². The zero-order valence-corrected chi connectivity index (χ0v) is 23.7. The first-order valence-electron chi connectivity index (χ1n) is 11.8. The first kappa shape index (κ1) is 30.5. The van der Waals surface area contributed by atoms with Crippen molar-refractivity contribution in [2.24, 2.45) is 0 Å². The Morgan fingerprint density at radius 1 is 0.944 bits per heavy atom. The van der Waals surface area contributed by atoms with Crippen LogP contribution in [-0.2, 0) is 11.3 Å². The normalized spacial score (nSPS) is 15.3. The molecule has 4 heterocycles. The molecule has 0 unspecified atom stereocenters. The maximum atomic E-state index is 12.8. The lowest BCUT2D eigenvalue weighted by Crippen LogP contribution is -2.46. The fourth-order valence-corrected chi connectivity index (χ4v) is 5.58. The van der Waals surface area contributed by atoms with Crippen LogP contribution in [0.25, 0.3) is 11.7 Å². The van der Waals surface area contributed by atoms with Crippen molar-refractivity contribution in [2.45, 2.75) is 31.3 Å². The van der Waals surface area contributed by atoms with Crippen molar-refractivity contribution in [3.05, 3.63) is 70.4 Å². The van der Waals surface area contributed by atoms with Crippen molar-refractivity contribution < 1.29 is 4.79 Å². The highest BCUT2D eigenvalue weighted by Gasteiger charge is 2.21. The van der Waals surface area contributed by atoms with E-state index in [9.17, 15) is 4.79 Å². The van der Waals surface area contributed by atoms with Gasteiger partial charge in [-0.3, -0.25) is 14.1 Å². The van der Waals surface area contributed by atoms with Crippen molar-refractivity contribution in [1.82, 2.24) is 24.5 Å². The zero-order chi connectivity index (χ0) is 22.6. The van der Waals surface area contributed by atoms with E-state index in [1.807, 2.05) is 31.2 Å². The average molecular weight is 571 g/mol. The average Bonchev–Trinajstić information content (AvgIpc) is 3.17. The summed E-state index contributed by atoms with van der Waals surface area (Å²) in [5.74, 6) is 0.0124. The van der Waals surface area contributed by atoms with Crippen LogP contribution in [0.5, 0.6) is 0 Å². The highest BCUT2D eigenvalue weighted by atomic mass is 35.5. The highest BCUT2D eigenvalue weighted by Crippen LogP contribution is 2.35. The minimum Gasteiger partial charge on any atom is -0.352 e. The Morgan fingerprint density at radius 2 is 1.67 bits per heavy atom. The first-order chi connectivity index (χ1) is 16.2. The number of unbranched alkanes of at least 4 members (excludes halogenated alkanes) is 1. The summed E-state index contributed by atoms with van der Waals surface area (Å²) in [5, 5.41) is 4.16. The van der Waals surface area contributed by atoms with Crippen LogP contribution in [0.15, 0.2) is 58.5 Å². The fraction of sp³-hybridized carbons (Fsp3) is 0.385. The molecule has 0 aliphatic carbocycles. The number of halogens is 3. The van der Waals surface area contributed by atoms with Crippen LogP contribution >= 0.6 is 49.0 Å². The molecule has 5 rings (SSSR count). The molecule has 1 aromatic carbocycles. The smallest absolute Gasteiger partial charge is 0.258 e. The summed E-state index contributed by atoms with van der Waals surface area (Å²) in [6.07, 6.45) is 4.08. The minimum atomic E-state index is 0. The Balaban J connectivity index is 0.00000152. The van der Waals surface area contributed by atoms with Crippen LogP contribution in [0.3, 0.4) is 0 Å². The van der Waals surface area contributed by atoms with Gasteiger partial charge in [0.2, 0.25) is 0 Å². The summed E-state index contributed by atoms with van der Waals surface area (Å²) in [6.45, 7) is 9.36. The van der Waals surface area contributed by atoms with Gasteiger partial charge in [0.05, 0.1) is 21.3 Å². The molecular weight excluding hydrogens is 537 g/mol. The third kappa shape index (κ3) is 7.18.